The Balaban J connectivity index is 1.08. The van der Waals surface area contributed by atoms with Gasteiger partial charge in [-0.15, -0.1) is 0 Å². The second kappa shape index (κ2) is 17.7. The first-order valence-electron chi connectivity index (χ1n) is 18.6. The van der Waals surface area contributed by atoms with Gasteiger partial charge in [0.2, 0.25) is 5.91 Å². The maximum absolute atomic E-state index is 13.4. The second-order valence-electron chi connectivity index (χ2n) is 14.1. The molecule has 2 aliphatic heterocycles. The number of carbonyl (C=O) groups excluding carboxylic acids is 3. The maximum atomic E-state index is 13.4. The molecule has 0 aliphatic carbocycles. The normalized spacial score (nSPS) is 21.1. The van der Waals surface area contributed by atoms with Gasteiger partial charge in [-0.2, -0.15) is 0 Å². The third kappa shape index (κ3) is 9.36. The Morgan fingerprint density at radius 3 is 1.89 bits per heavy atom. The van der Waals surface area contributed by atoms with E-state index in [1.54, 1.807) is 24.3 Å². The SMILES string of the molecule is C[C@H]1[C@@H](CN(Cc2ccccc2)Cc2ccccc2)O[C@@H](c2ccc(N3C(=O)CC(NC(=O)OCc4ccccc4)C3=O)cc2)O[C@H]1c1ccc(CO)cc1. The zero-order valence-electron chi connectivity index (χ0n) is 30.7. The number of rotatable bonds is 13. The highest BCUT2D eigenvalue weighted by Crippen LogP contribution is 2.42. The number of aliphatic hydroxyl groups is 1. The monoisotopic (exact) mass is 739 g/mol. The Morgan fingerprint density at radius 1 is 0.745 bits per heavy atom. The fourth-order valence-corrected chi connectivity index (χ4v) is 7.15. The minimum atomic E-state index is -1.03. The summed E-state index contributed by atoms with van der Waals surface area (Å²) in [6, 6.07) is 43.8. The predicted molar refractivity (Wildman–Crippen MR) is 207 cm³/mol. The zero-order chi connectivity index (χ0) is 38.1. The number of benzene rings is 5. The molecule has 2 saturated heterocycles. The maximum Gasteiger partial charge on any atom is 0.408 e. The van der Waals surface area contributed by atoms with Crippen molar-refractivity contribution in [2.45, 2.75) is 64.2 Å². The second-order valence-corrected chi connectivity index (χ2v) is 14.1. The van der Waals surface area contributed by atoms with Gasteiger partial charge in [0.25, 0.3) is 5.91 Å². The molecule has 2 fully saturated rings. The molecule has 5 aromatic rings. The molecule has 2 aliphatic rings. The summed E-state index contributed by atoms with van der Waals surface area (Å²) >= 11 is 0. The molecule has 5 atom stereocenters. The van der Waals surface area contributed by atoms with E-state index in [1.165, 1.54) is 11.1 Å². The number of hydrogen-bond acceptors (Lipinski definition) is 8. The molecule has 2 heterocycles. The van der Waals surface area contributed by atoms with Crippen LogP contribution in [-0.2, 0) is 50.1 Å². The van der Waals surface area contributed by atoms with E-state index in [4.69, 9.17) is 14.2 Å². The van der Waals surface area contributed by atoms with Crippen LogP contribution in [0.25, 0.3) is 0 Å². The molecule has 282 valence electrons. The summed E-state index contributed by atoms with van der Waals surface area (Å²) in [5, 5.41) is 12.2. The van der Waals surface area contributed by atoms with Crippen LogP contribution in [0, 0.1) is 5.92 Å². The third-order valence-electron chi connectivity index (χ3n) is 10.1. The number of nitrogens with zero attached hydrogens (tertiary/aromatic N) is 2. The van der Waals surface area contributed by atoms with Crippen LogP contribution in [0.1, 0.15) is 59.1 Å². The van der Waals surface area contributed by atoms with Gasteiger partial charge in [0, 0.05) is 31.1 Å². The molecule has 55 heavy (non-hydrogen) atoms. The molecule has 3 amide bonds. The molecule has 10 nitrogen and oxygen atoms in total. The van der Waals surface area contributed by atoms with E-state index in [1.807, 2.05) is 66.7 Å². The molecule has 0 spiro atoms. The van der Waals surface area contributed by atoms with Gasteiger partial charge < -0.3 is 24.6 Å². The van der Waals surface area contributed by atoms with E-state index in [0.29, 0.717) is 12.2 Å². The first-order valence-corrected chi connectivity index (χ1v) is 18.6. The van der Waals surface area contributed by atoms with E-state index in [2.05, 4.69) is 65.7 Å². The van der Waals surface area contributed by atoms with Crippen LogP contribution in [0.5, 0.6) is 0 Å². The van der Waals surface area contributed by atoms with Crippen molar-refractivity contribution < 1.29 is 33.7 Å². The van der Waals surface area contributed by atoms with E-state index in [-0.39, 0.29) is 37.8 Å². The molecule has 0 bridgehead atoms. The van der Waals surface area contributed by atoms with Gasteiger partial charge >= 0.3 is 6.09 Å². The fraction of sp³-hybridized carbons (Fsp3) is 0.267. The summed E-state index contributed by atoms with van der Waals surface area (Å²) in [5.41, 5.74) is 6.12. The highest BCUT2D eigenvalue weighted by Gasteiger charge is 2.42. The summed E-state index contributed by atoms with van der Waals surface area (Å²) in [6.07, 6.45) is -2.24. The Kier molecular flexibility index (Phi) is 12.1. The van der Waals surface area contributed by atoms with Crippen molar-refractivity contribution in [3.8, 4) is 0 Å². The molecule has 1 unspecified atom stereocenters. The molecular formula is C45H45N3O7. The van der Waals surface area contributed by atoms with Gasteiger partial charge in [0.15, 0.2) is 6.29 Å². The van der Waals surface area contributed by atoms with Crippen molar-refractivity contribution >= 4 is 23.6 Å². The fourth-order valence-electron chi connectivity index (χ4n) is 7.15. The Bertz CT molecular complexity index is 1990. The Hall–Kier alpha value is -5.65. The zero-order valence-corrected chi connectivity index (χ0v) is 30.7. The topological polar surface area (TPSA) is 118 Å². The quantitative estimate of drug-likeness (QED) is 0.122. The summed E-state index contributed by atoms with van der Waals surface area (Å²) in [5.74, 6) is -0.988. The minimum Gasteiger partial charge on any atom is -0.445 e. The number of imide groups is 1. The first-order chi connectivity index (χ1) is 26.8. The average Bonchev–Trinajstić information content (AvgIpc) is 3.50. The van der Waals surface area contributed by atoms with E-state index >= 15 is 0 Å². The number of ether oxygens (including phenoxy) is 3. The summed E-state index contributed by atoms with van der Waals surface area (Å²) in [4.78, 5) is 42.4. The first kappa shape index (κ1) is 37.7. The molecule has 0 radical (unpaired) electrons. The van der Waals surface area contributed by atoms with Gasteiger partial charge in [-0.05, 0) is 39.9 Å². The summed E-state index contributed by atoms with van der Waals surface area (Å²) in [6.45, 7) is 4.24. The molecule has 7 rings (SSSR count). The van der Waals surface area contributed by atoms with Crippen molar-refractivity contribution in [1.29, 1.82) is 0 Å². The number of carbonyl (C=O) groups is 3. The van der Waals surface area contributed by atoms with Gasteiger partial charge in [0.05, 0.1) is 30.9 Å². The lowest BCUT2D eigenvalue weighted by Gasteiger charge is -2.43. The van der Waals surface area contributed by atoms with Gasteiger partial charge in [-0.1, -0.05) is 134 Å². The van der Waals surface area contributed by atoms with E-state index < -0.39 is 30.2 Å². The Labute approximate surface area is 321 Å². The predicted octanol–water partition coefficient (Wildman–Crippen LogP) is 7.23. The van der Waals surface area contributed by atoms with Crippen molar-refractivity contribution in [2.24, 2.45) is 5.92 Å². The van der Waals surface area contributed by atoms with Crippen LogP contribution in [0.3, 0.4) is 0 Å². The standard InChI is InChI=1S/C45H45N3O7/c1-31-40(28-47(26-32-11-5-2-6-12-32)27-33-13-7-3-8-14-33)54-44(55-42(31)36-19-17-34(29-49)18-20-36)37-21-23-38(24-22-37)48-41(50)25-39(43(48)51)46-45(52)53-30-35-15-9-4-10-16-35/h2-24,31,39-40,42,44,49H,25-30H2,1H3,(H,46,52)/t31-,39?,40+,42+,44+/m0/s1. The van der Waals surface area contributed by atoms with Crippen molar-refractivity contribution in [2.75, 3.05) is 11.4 Å². The largest absolute Gasteiger partial charge is 0.445 e. The lowest BCUT2D eigenvalue weighted by atomic mass is 9.89. The van der Waals surface area contributed by atoms with Crippen LogP contribution in [0.4, 0.5) is 10.5 Å². The van der Waals surface area contributed by atoms with Crippen LogP contribution in [-0.4, -0.2) is 46.6 Å². The van der Waals surface area contributed by atoms with Crippen LogP contribution in [0.2, 0.25) is 0 Å². The molecule has 0 saturated carbocycles. The molecule has 10 heteroatoms. The lowest BCUT2D eigenvalue weighted by Crippen LogP contribution is -2.44. The average molecular weight is 740 g/mol. The lowest BCUT2D eigenvalue weighted by molar-refractivity contribution is -0.276. The third-order valence-corrected chi connectivity index (χ3v) is 10.1. The van der Waals surface area contributed by atoms with Gasteiger partial charge in [0.1, 0.15) is 12.6 Å². The van der Waals surface area contributed by atoms with Gasteiger partial charge in [-0.3, -0.25) is 14.5 Å². The van der Waals surface area contributed by atoms with Crippen molar-refractivity contribution in [1.82, 2.24) is 10.2 Å². The minimum absolute atomic E-state index is 0.0341. The van der Waals surface area contributed by atoms with E-state index in [0.717, 1.165) is 40.2 Å². The highest BCUT2D eigenvalue weighted by molar-refractivity contribution is 6.22. The Morgan fingerprint density at radius 2 is 1.31 bits per heavy atom. The smallest absolute Gasteiger partial charge is 0.408 e. The number of amides is 3. The van der Waals surface area contributed by atoms with Crippen molar-refractivity contribution in [3.05, 3.63) is 173 Å². The van der Waals surface area contributed by atoms with E-state index in [9.17, 15) is 19.5 Å². The number of hydrogen-bond donors (Lipinski definition) is 2. The molecule has 2 N–H and O–H groups in total. The summed E-state index contributed by atoms with van der Waals surface area (Å²) < 4.78 is 18.8. The van der Waals surface area contributed by atoms with Gasteiger partial charge in [-0.25, -0.2) is 9.69 Å². The number of aliphatic hydroxyl groups excluding tert-OH is 1. The molecule has 5 aromatic carbocycles. The van der Waals surface area contributed by atoms with Crippen LogP contribution >= 0.6 is 0 Å². The number of alkyl carbamates (subject to hydrolysis) is 1. The molecule has 0 aromatic heterocycles. The number of anilines is 1. The summed E-state index contributed by atoms with van der Waals surface area (Å²) in [7, 11) is 0. The number of nitrogens with one attached hydrogen (secondary N) is 1. The highest BCUT2D eigenvalue weighted by atomic mass is 16.7. The molecular weight excluding hydrogens is 695 g/mol. The van der Waals surface area contributed by atoms with Crippen LogP contribution < -0.4 is 10.2 Å². The van der Waals surface area contributed by atoms with Crippen molar-refractivity contribution in [3.63, 3.8) is 0 Å². The van der Waals surface area contributed by atoms with Crippen LogP contribution in [0.15, 0.2) is 140 Å².